The molecule has 0 heterocycles. The summed E-state index contributed by atoms with van der Waals surface area (Å²) in [6.07, 6.45) is 5.60. The van der Waals surface area contributed by atoms with Crippen LogP contribution in [0.1, 0.15) is 46.5 Å². The molecule has 0 aromatic rings. The highest BCUT2D eigenvalue weighted by atomic mass is 14.0. The minimum atomic E-state index is 0. The van der Waals surface area contributed by atoms with Crippen LogP contribution in [0, 0.1) is 5.92 Å². The van der Waals surface area contributed by atoms with Crippen LogP contribution in [-0.2, 0) is 0 Å². The van der Waals surface area contributed by atoms with Gasteiger partial charge in [-0.1, -0.05) is 46.5 Å². The average molecular weight is 148 g/mol. The topological polar surface area (TPSA) is 70.0 Å². The van der Waals surface area contributed by atoms with Gasteiger partial charge >= 0.3 is 0 Å². The normalized spacial score (nSPS) is 8.40. The van der Waals surface area contributed by atoms with Crippen LogP contribution < -0.4 is 12.3 Å². The van der Waals surface area contributed by atoms with Crippen LogP contribution in [0.5, 0.6) is 0 Å². The molecule has 2 heteroatoms. The van der Waals surface area contributed by atoms with Gasteiger partial charge in [0.1, 0.15) is 0 Å². The molecule has 0 fully saturated rings. The fourth-order valence-corrected chi connectivity index (χ4v) is 0.803. The molecular formula is C8H24N2. The summed E-state index contributed by atoms with van der Waals surface area (Å²) < 4.78 is 0. The summed E-state index contributed by atoms with van der Waals surface area (Å²) in [5.74, 6) is 0.904. The molecule has 66 valence electrons. The molecule has 0 aromatic carbocycles. The maximum Gasteiger partial charge on any atom is -0.0471 e. The van der Waals surface area contributed by atoms with Crippen molar-refractivity contribution in [1.29, 1.82) is 0 Å². The van der Waals surface area contributed by atoms with Crippen molar-refractivity contribution in [2.24, 2.45) is 5.92 Å². The van der Waals surface area contributed by atoms with Crippen molar-refractivity contribution in [3.05, 3.63) is 0 Å². The van der Waals surface area contributed by atoms with Gasteiger partial charge < -0.3 is 12.3 Å². The summed E-state index contributed by atoms with van der Waals surface area (Å²) >= 11 is 0. The van der Waals surface area contributed by atoms with Crippen LogP contribution >= 0.6 is 0 Å². The van der Waals surface area contributed by atoms with Crippen molar-refractivity contribution in [3.63, 3.8) is 0 Å². The Morgan fingerprint density at radius 2 is 1.50 bits per heavy atom. The lowest BCUT2D eigenvalue weighted by Crippen LogP contribution is -1.85. The Morgan fingerprint density at radius 1 is 1.00 bits per heavy atom. The molecule has 0 unspecified atom stereocenters. The van der Waals surface area contributed by atoms with E-state index in [0.29, 0.717) is 0 Å². The van der Waals surface area contributed by atoms with Crippen molar-refractivity contribution < 1.29 is 0 Å². The fourth-order valence-electron chi connectivity index (χ4n) is 0.803. The van der Waals surface area contributed by atoms with E-state index >= 15 is 0 Å². The van der Waals surface area contributed by atoms with Gasteiger partial charge in [0, 0.05) is 0 Å². The lowest BCUT2D eigenvalue weighted by molar-refractivity contribution is 0.534. The highest BCUT2D eigenvalue weighted by Gasteiger charge is 1.90. The minimum absolute atomic E-state index is 0. The summed E-state index contributed by atoms with van der Waals surface area (Å²) in [4.78, 5) is 0. The van der Waals surface area contributed by atoms with Crippen molar-refractivity contribution in [1.82, 2.24) is 12.3 Å². The molecule has 0 saturated heterocycles. The molecule has 0 rings (SSSR count). The van der Waals surface area contributed by atoms with E-state index in [0.717, 1.165) is 5.92 Å². The van der Waals surface area contributed by atoms with E-state index in [1.807, 2.05) is 0 Å². The molecule has 0 spiro atoms. The minimum Gasteiger partial charge on any atom is -0.344 e. The number of hydrogen-bond acceptors (Lipinski definition) is 2. The third-order valence-electron chi connectivity index (χ3n) is 1.39. The summed E-state index contributed by atoms with van der Waals surface area (Å²) in [5, 5.41) is 0. The monoisotopic (exact) mass is 148 g/mol. The van der Waals surface area contributed by atoms with Gasteiger partial charge in [0.2, 0.25) is 0 Å². The molecule has 0 atom stereocenters. The zero-order chi connectivity index (χ0) is 6.41. The first kappa shape index (κ1) is 16.5. The Bertz CT molecular complexity index is 44.5. The van der Waals surface area contributed by atoms with Crippen LogP contribution in [0.2, 0.25) is 0 Å². The average Bonchev–Trinajstić information content (AvgIpc) is 1.66. The van der Waals surface area contributed by atoms with Crippen LogP contribution in [0.3, 0.4) is 0 Å². The smallest absolute Gasteiger partial charge is 0.0471 e. The van der Waals surface area contributed by atoms with Gasteiger partial charge in [-0.3, -0.25) is 0 Å². The van der Waals surface area contributed by atoms with Crippen LogP contribution in [0.25, 0.3) is 0 Å². The predicted octanol–water partition coefficient (Wildman–Crippen LogP) is 3.55. The lowest BCUT2D eigenvalue weighted by Gasteiger charge is -2.00. The third-order valence-corrected chi connectivity index (χ3v) is 1.39. The van der Waals surface area contributed by atoms with Crippen LogP contribution in [-0.4, -0.2) is 0 Å². The molecule has 2 nitrogen and oxygen atoms in total. The van der Waals surface area contributed by atoms with Gasteiger partial charge in [0.25, 0.3) is 0 Å². The number of hydrogen-bond donors (Lipinski definition) is 2. The zero-order valence-electron chi connectivity index (χ0n) is 7.82. The number of unbranched alkanes of at least 4 members (excludes halogenated alkanes) is 2. The maximum absolute atomic E-state index is 2.29. The Labute approximate surface area is 65.6 Å². The fraction of sp³-hybridized carbons (Fsp3) is 1.00. The van der Waals surface area contributed by atoms with Gasteiger partial charge in [-0.2, -0.15) is 0 Å². The van der Waals surface area contributed by atoms with E-state index in [1.54, 1.807) is 0 Å². The van der Waals surface area contributed by atoms with Crippen LogP contribution in [0.15, 0.2) is 0 Å². The zero-order valence-corrected chi connectivity index (χ0v) is 7.82. The molecule has 0 radical (unpaired) electrons. The van der Waals surface area contributed by atoms with E-state index in [9.17, 15) is 0 Å². The second-order valence-corrected chi connectivity index (χ2v) is 2.89. The Balaban J connectivity index is -0.000000245. The molecule has 0 aliphatic carbocycles. The van der Waals surface area contributed by atoms with Crippen molar-refractivity contribution >= 4 is 0 Å². The second kappa shape index (κ2) is 11.7. The number of rotatable bonds is 4. The molecular weight excluding hydrogens is 124 g/mol. The van der Waals surface area contributed by atoms with Gasteiger partial charge in [-0.05, 0) is 5.92 Å². The SMILES string of the molecule is CCCCCC(C)C.N.N. The van der Waals surface area contributed by atoms with Crippen LogP contribution in [0.4, 0.5) is 0 Å². The molecule has 0 aromatic heterocycles. The quantitative estimate of drug-likeness (QED) is 0.598. The summed E-state index contributed by atoms with van der Waals surface area (Å²) in [7, 11) is 0. The van der Waals surface area contributed by atoms with E-state index in [4.69, 9.17) is 0 Å². The van der Waals surface area contributed by atoms with Crippen molar-refractivity contribution in [3.8, 4) is 0 Å². The molecule has 0 bridgehead atoms. The summed E-state index contributed by atoms with van der Waals surface area (Å²) in [6.45, 7) is 6.83. The Morgan fingerprint density at radius 3 is 1.80 bits per heavy atom. The van der Waals surface area contributed by atoms with Gasteiger partial charge in [0.15, 0.2) is 0 Å². The Kier molecular flexibility index (Phi) is 19.3. The highest BCUT2D eigenvalue weighted by molar-refractivity contribution is 4.44. The first-order valence-corrected chi connectivity index (χ1v) is 3.77. The highest BCUT2D eigenvalue weighted by Crippen LogP contribution is 2.06. The lowest BCUT2D eigenvalue weighted by atomic mass is 10.1. The van der Waals surface area contributed by atoms with Crippen molar-refractivity contribution in [2.45, 2.75) is 46.5 Å². The van der Waals surface area contributed by atoms with E-state index in [2.05, 4.69) is 20.8 Å². The first-order valence-electron chi connectivity index (χ1n) is 3.77. The maximum atomic E-state index is 2.29. The van der Waals surface area contributed by atoms with Gasteiger partial charge in [-0.25, -0.2) is 0 Å². The predicted molar refractivity (Wildman–Crippen MR) is 49.0 cm³/mol. The van der Waals surface area contributed by atoms with Crippen molar-refractivity contribution in [2.75, 3.05) is 0 Å². The molecule has 0 amide bonds. The summed E-state index contributed by atoms with van der Waals surface area (Å²) in [6, 6.07) is 0. The molecule has 0 saturated carbocycles. The van der Waals surface area contributed by atoms with E-state index in [-0.39, 0.29) is 12.3 Å². The largest absolute Gasteiger partial charge is 0.344 e. The molecule has 6 N–H and O–H groups in total. The summed E-state index contributed by atoms with van der Waals surface area (Å²) in [5.41, 5.74) is 0. The van der Waals surface area contributed by atoms with Gasteiger partial charge in [-0.15, -0.1) is 0 Å². The van der Waals surface area contributed by atoms with E-state index < -0.39 is 0 Å². The van der Waals surface area contributed by atoms with E-state index in [1.165, 1.54) is 25.7 Å². The third kappa shape index (κ3) is 15.7. The second-order valence-electron chi connectivity index (χ2n) is 2.89. The molecule has 0 aliphatic heterocycles. The standard InChI is InChI=1S/C8H18.2H3N/c1-4-5-6-7-8(2)3;;/h8H,4-7H2,1-3H3;2*1H3. The Hall–Kier alpha value is -0.0800. The first-order chi connectivity index (χ1) is 3.77. The van der Waals surface area contributed by atoms with Gasteiger partial charge in [0.05, 0.1) is 0 Å². The molecule has 0 aliphatic rings. The molecule has 10 heavy (non-hydrogen) atoms.